The summed E-state index contributed by atoms with van der Waals surface area (Å²) in [4.78, 5) is 12.6. The molecule has 1 aromatic rings. The molecule has 1 heterocycles. The number of hydrogen-bond donors (Lipinski definition) is 0. The van der Waals surface area contributed by atoms with Gasteiger partial charge >= 0.3 is 0 Å². The molecule has 68 valence electrons. The van der Waals surface area contributed by atoms with Crippen LogP contribution in [0.1, 0.15) is 16.8 Å². The Morgan fingerprint density at radius 2 is 2.31 bits per heavy atom. The number of carbonyl (C=O) groups excluding carboxylic acids is 1. The Labute approximate surface area is 81.3 Å². The van der Waals surface area contributed by atoms with E-state index in [2.05, 4.69) is 0 Å². The van der Waals surface area contributed by atoms with Gasteiger partial charge in [0, 0.05) is 22.6 Å². The monoisotopic (exact) mass is 194 g/mol. The minimum atomic E-state index is 0.229. The van der Waals surface area contributed by atoms with Gasteiger partial charge in [0.2, 0.25) is 0 Å². The first-order valence-electron chi connectivity index (χ1n) is 4.15. The summed E-state index contributed by atoms with van der Waals surface area (Å²) in [5, 5.41) is 0. The molecule has 1 aromatic carbocycles. The lowest BCUT2D eigenvalue weighted by Crippen LogP contribution is -2.07. The van der Waals surface area contributed by atoms with Crippen LogP contribution in [-0.4, -0.2) is 18.6 Å². The number of rotatable bonds is 1. The molecule has 0 aliphatic carbocycles. The van der Waals surface area contributed by atoms with Crippen LogP contribution in [0.3, 0.4) is 0 Å². The number of ketones is 1. The highest BCUT2D eigenvalue weighted by molar-refractivity contribution is 7.99. The molecule has 2 rings (SSSR count). The number of benzene rings is 1. The van der Waals surface area contributed by atoms with Gasteiger partial charge in [0.05, 0.1) is 7.11 Å². The number of hydrogen-bond acceptors (Lipinski definition) is 3. The summed E-state index contributed by atoms with van der Waals surface area (Å²) in [5.74, 6) is 1.89. The van der Waals surface area contributed by atoms with Crippen LogP contribution in [0.25, 0.3) is 0 Å². The van der Waals surface area contributed by atoms with Gasteiger partial charge in [-0.15, -0.1) is 11.8 Å². The van der Waals surface area contributed by atoms with Crippen LogP contribution >= 0.6 is 11.8 Å². The number of Topliss-reactive ketones (excluding diaryl/α,β-unsaturated/α-hetero) is 1. The Morgan fingerprint density at radius 1 is 1.46 bits per heavy atom. The average molecular weight is 194 g/mol. The van der Waals surface area contributed by atoms with Crippen molar-refractivity contribution in [3.8, 4) is 5.75 Å². The molecular formula is C10H10O2S. The van der Waals surface area contributed by atoms with Gasteiger partial charge in [-0.05, 0) is 18.2 Å². The van der Waals surface area contributed by atoms with Gasteiger partial charge in [0.1, 0.15) is 5.75 Å². The number of thioether (sulfide) groups is 1. The maximum atomic E-state index is 11.5. The van der Waals surface area contributed by atoms with Crippen molar-refractivity contribution in [1.82, 2.24) is 0 Å². The van der Waals surface area contributed by atoms with E-state index in [0.29, 0.717) is 6.42 Å². The fraction of sp³-hybridized carbons (Fsp3) is 0.300. The van der Waals surface area contributed by atoms with Crippen molar-refractivity contribution in [1.29, 1.82) is 0 Å². The second-order valence-electron chi connectivity index (χ2n) is 2.88. The molecule has 0 spiro atoms. The van der Waals surface area contributed by atoms with Crippen molar-refractivity contribution in [3.05, 3.63) is 23.8 Å². The van der Waals surface area contributed by atoms with Gasteiger partial charge in [-0.2, -0.15) is 0 Å². The molecule has 13 heavy (non-hydrogen) atoms. The first-order chi connectivity index (χ1) is 6.31. The topological polar surface area (TPSA) is 26.3 Å². The van der Waals surface area contributed by atoms with E-state index in [9.17, 15) is 4.79 Å². The van der Waals surface area contributed by atoms with E-state index < -0.39 is 0 Å². The summed E-state index contributed by atoms with van der Waals surface area (Å²) in [5.41, 5.74) is 0.815. The van der Waals surface area contributed by atoms with Crippen LogP contribution in [0.4, 0.5) is 0 Å². The summed E-state index contributed by atoms with van der Waals surface area (Å²) >= 11 is 1.74. The first-order valence-corrected chi connectivity index (χ1v) is 5.14. The summed E-state index contributed by atoms with van der Waals surface area (Å²) in [7, 11) is 1.61. The molecule has 0 unspecified atom stereocenters. The Hall–Kier alpha value is -0.960. The first kappa shape index (κ1) is 8.63. The molecule has 0 aromatic heterocycles. The van der Waals surface area contributed by atoms with Crippen molar-refractivity contribution in [2.75, 3.05) is 12.9 Å². The van der Waals surface area contributed by atoms with Gasteiger partial charge in [0.25, 0.3) is 0 Å². The second-order valence-corrected chi connectivity index (χ2v) is 4.02. The fourth-order valence-corrected chi connectivity index (χ4v) is 2.37. The van der Waals surface area contributed by atoms with E-state index in [1.165, 1.54) is 0 Å². The van der Waals surface area contributed by atoms with E-state index in [-0.39, 0.29) is 5.78 Å². The van der Waals surface area contributed by atoms with Crippen LogP contribution in [0.2, 0.25) is 0 Å². The summed E-state index contributed by atoms with van der Waals surface area (Å²) < 4.78 is 5.07. The second kappa shape index (κ2) is 3.42. The molecule has 0 saturated heterocycles. The Morgan fingerprint density at radius 3 is 3.08 bits per heavy atom. The van der Waals surface area contributed by atoms with Crippen LogP contribution in [0, 0.1) is 0 Å². The maximum absolute atomic E-state index is 11.5. The number of ether oxygens (including phenoxy) is 1. The zero-order valence-electron chi connectivity index (χ0n) is 7.37. The molecular weight excluding hydrogens is 184 g/mol. The molecule has 0 fully saturated rings. The molecule has 0 amide bonds. The number of methoxy groups -OCH3 is 1. The van der Waals surface area contributed by atoms with Crippen molar-refractivity contribution >= 4 is 17.5 Å². The fourth-order valence-electron chi connectivity index (χ4n) is 1.37. The Balaban J connectivity index is 2.47. The largest absolute Gasteiger partial charge is 0.497 e. The smallest absolute Gasteiger partial charge is 0.164 e. The Bertz CT molecular complexity index is 347. The van der Waals surface area contributed by atoms with E-state index in [1.807, 2.05) is 18.2 Å². The molecule has 0 atom stereocenters. The lowest BCUT2D eigenvalue weighted by Gasteiger charge is -2.14. The standard InChI is InChI=1S/C10H10O2S/c1-12-7-2-3-10-8(6-7)9(11)4-5-13-10/h2-3,6H,4-5H2,1H3. The average Bonchev–Trinajstić information content (AvgIpc) is 2.18. The van der Waals surface area contributed by atoms with E-state index in [0.717, 1.165) is 22.0 Å². The highest BCUT2D eigenvalue weighted by Gasteiger charge is 2.17. The van der Waals surface area contributed by atoms with E-state index in [1.54, 1.807) is 18.9 Å². The van der Waals surface area contributed by atoms with Gasteiger partial charge in [-0.25, -0.2) is 0 Å². The normalized spacial score (nSPS) is 15.3. The molecule has 2 nitrogen and oxygen atoms in total. The van der Waals surface area contributed by atoms with E-state index in [4.69, 9.17) is 4.74 Å². The summed E-state index contributed by atoms with van der Waals surface area (Å²) in [6, 6.07) is 5.67. The lowest BCUT2D eigenvalue weighted by molar-refractivity contribution is 0.0984. The predicted octanol–water partition coefficient (Wildman–Crippen LogP) is 2.37. The SMILES string of the molecule is COc1ccc2c(c1)C(=O)CCS2. The van der Waals surface area contributed by atoms with Crippen LogP contribution in [0.15, 0.2) is 23.1 Å². The third-order valence-corrected chi connectivity index (χ3v) is 3.15. The molecule has 0 radical (unpaired) electrons. The molecule has 1 aliphatic heterocycles. The van der Waals surface area contributed by atoms with Gasteiger partial charge < -0.3 is 4.74 Å². The molecule has 3 heteroatoms. The van der Waals surface area contributed by atoms with Crippen LogP contribution < -0.4 is 4.74 Å². The minimum Gasteiger partial charge on any atom is -0.497 e. The van der Waals surface area contributed by atoms with Gasteiger partial charge in [-0.3, -0.25) is 4.79 Å². The van der Waals surface area contributed by atoms with E-state index >= 15 is 0 Å². The summed E-state index contributed by atoms with van der Waals surface area (Å²) in [6.07, 6.45) is 0.644. The van der Waals surface area contributed by atoms with Crippen LogP contribution in [-0.2, 0) is 0 Å². The molecule has 0 saturated carbocycles. The molecule has 0 N–H and O–H groups in total. The predicted molar refractivity (Wildman–Crippen MR) is 52.7 cm³/mol. The maximum Gasteiger partial charge on any atom is 0.164 e. The molecule has 0 bridgehead atoms. The highest BCUT2D eigenvalue weighted by atomic mass is 32.2. The van der Waals surface area contributed by atoms with Crippen molar-refractivity contribution in [2.24, 2.45) is 0 Å². The van der Waals surface area contributed by atoms with Crippen molar-refractivity contribution in [3.63, 3.8) is 0 Å². The third kappa shape index (κ3) is 1.56. The quantitative estimate of drug-likeness (QED) is 0.686. The zero-order chi connectivity index (χ0) is 9.26. The number of carbonyl (C=O) groups is 1. The van der Waals surface area contributed by atoms with Crippen molar-refractivity contribution < 1.29 is 9.53 Å². The zero-order valence-corrected chi connectivity index (χ0v) is 8.19. The number of fused-ring (bicyclic) bond motifs is 1. The van der Waals surface area contributed by atoms with Crippen LogP contribution in [0.5, 0.6) is 5.75 Å². The van der Waals surface area contributed by atoms with Crippen molar-refractivity contribution in [2.45, 2.75) is 11.3 Å². The van der Waals surface area contributed by atoms with Gasteiger partial charge in [-0.1, -0.05) is 0 Å². The lowest BCUT2D eigenvalue weighted by atomic mass is 10.1. The Kier molecular flexibility index (Phi) is 2.27. The minimum absolute atomic E-state index is 0.229. The highest BCUT2D eigenvalue weighted by Crippen LogP contribution is 2.32. The molecule has 1 aliphatic rings. The third-order valence-electron chi connectivity index (χ3n) is 2.07. The van der Waals surface area contributed by atoms with Gasteiger partial charge in [0.15, 0.2) is 5.78 Å². The summed E-state index contributed by atoms with van der Waals surface area (Å²) in [6.45, 7) is 0.